The first-order chi connectivity index (χ1) is 10.5. The molecule has 110 valence electrons. The molecule has 3 rings (SSSR count). The Morgan fingerprint density at radius 2 is 1.41 bits per heavy atom. The molecule has 0 fully saturated rings. The molecule has 2 aromatic carbocycles. The van der Waals surface area contributed by atoms with Crippen LogP contribution in [0.4, 0.5) is 0 Å². The number of carbonyl (C=O) groups is 2. The van der Waals surface area contributed by atoms with Crippen molar-refractivity contribution >= 4 is 17.1 Å². The molecule has 0 saturated carbocycles. The Labute approximate surface area is 127 Å². The highest BCUT2D eigenvalue weighted by Crippen LogP contribution is 2.34. The SMILES string of the molecule is O=C1C=C(CC(O)(O)c2ccccc2)c2ccccc2C1=O. The fourth-order valence-corrected chi connectivity index (χ4v) is 2.61. The number of fused-ring (bicyclic) bond motifs is 1. The van der Waals surface area contributed by atoms with Gasteiger partial charge in [0.05, 0.1) is 0 Å². The minimum absolute atomic E-state index is 0.174. The molecule has 0 heterocycles. The van der Waals surface area contributed by atoms with Crippen molar-refractivity contribution in [1.29, 1.82) is 0 Å². The summed E-state index contributed by atoms with van der Waals surface area (Å²) < 4.78 is 0. The maximum absolute atomic E-state index is 11.9. The summed E-state index contributed by atoms with van der Waals surface area (Å²) in [5.74, 6) is -3.32. The zero-order valence-electron chi connectivity index (χ0n) is 11.7. The molecular weight excluding hydrogens is 280 g/mol. The summed E-state index contributed by atoms with van der Waals surface area (Å²) >= 11 is 0. The van der Waals surface area contributed by atoms with Gasteiger partial charge >= 0.3 is 0 Å². The van der Waals surface area contributed by atoms with Gasteiger partial charge in [0.25, 0.3) is 0 Å². The summed E-state index contributed by atoms with van der Waals surface area (Å²) in [7, 11) is 0. The van der Waals surface area contributed by atoms with Gasteiger partial charge in [0.2, 0.25) is 11.6 Å². The number of aliphatic hydroxyl groups is 2. The standard InChI is InChI=1S/C18H14O4/c19-16-10-12(14-8-4-5-9-15(14)17(16)20)11-18(21,22)13-6-2-1-3-7-13/h1-10,21-22H,11H2. The zero-order valence-corrected chi connectivity index (χ0v) is 11.7. The normalized spacial score (nSPS) is 14.5. The average Bonchev–Trinajstić information content (AvgIpc) is 2.53. The lowest BCUT2D eigenvalue weighted by Gasteiger charge is -2.25. The lowest BCUT2D eigenvalue weighted by Crippen LogP contribution is -2.27. The van der Waals surface area contributed by atoms with E-state index in [9.17, 15) is 19.8 Å². The first-order valence-electron chi connectivity index (χ1n) is 6.88. The van der Waals surface area contributed by atoms with Crippen LogP contribution in [-0.4, -0.2) is 21.8 Å². The molecule has 0 bridgehead atoms. The quantitative estimate of drug-likeness (QED) is 0.671. The van der Waals surface area contributed by atoms with E-state index in [1.165, 1.54) is 6.08 Å². The zero-order chi connectivity index (χ0) is 15.7. The third kappa shape index (κ3) is 2.50. The molecule has 2 aromatic rings. The molecule has 0 unspecified atom stereocenters. The van der Waals surface area contributed by atoms with E-state index in [2.05, 4.69) is 0 Å². The summed E-state index contributed by atoms with van der Waals surface area (Å²) in [6.07, 6.45) is 1.02. The largest absolute Gasteiger partial charge is 0.362 e. The Bertz CT molecular complexity index is 773. The highest BCUT2D eigenvalue weighted by Gasteiger charge is 2.32. The maximum atomic E-state index is 11.9. The molecule has 22 heavy (non-hydrogen) atoms. The van der Waals surface area contributed by atoms with Crippen LogP contribution < -0.4 is 0 Å². The fourth-order valence-electron chi connectivity index (χ4n) is 2.61. The molecule has 0 aliphatic heterocycles. The summed E-state index contributed by atoms with van der Waals surface area (Å²) in [5.41, 5.74) is 1.64. The first kappa shape index (κ1) is 14.4. The van der Waals surface area contributed by atoms with Crippen LogP contribution in [0.2, 0.25) is 0 Å². The van der Waals surface area contributed by atoms with Gasteiger partial charge in [0.1, 0.15) is 0 Å². The van der Waals surface area contributed by atoms with Gasteiger partial charge < -0.3 is 10.2 Å². The summed E-state index contributed by atoms with van der Waals surface area (Å²) in [5, 5.41) is 20.7. The highest BCUT2D eigenvalue weighted by molar-refractivity contribution is 6.50. The van der Waals surface area contributed by atoms with Crippen LogP contribution in [0.15, 0.2) is 60.7 Å². The van der Waals surface area contributed by atoms with Crippen LogP contribution in [0.25, 0.3) is 5.57 Å². The molecule has 0 aromatic heterocycles. The molecule has 0 saturated heterocycles. The van der Waals surface area contributed by atoms with Gasteiger partial charge in [0, 0.05) is 17.5 Å². The van der Waals surface area contributed by atoms with Crippen LogP contribution in [0.1, 0.15) is 27.9 Å². The second kappa shape index (κ2) is 5.33. The van der Waals surface area contributed by atoms with E-state index in [4.69, 9.17) is 0 Å². The Morgan fingerprint density at radius 1 is 0.818 bits per heavy atom. The van der Waals surface area contributed by atoms with Crippen LogP contribution in [-0.2, 0) is 10.6 Å². The topological polar surface area (TPSA) is 74.6 Å². The van der Waals surface area contributed by atoms with E-state index in [1.807, 2.05) is 0 Å². The van der Waals surface area contributed by atoms with Crippen molar-refractivity contribution in [3.8, 4) is 0 Å². The molecular formula is C18H14O4. The maximum Gasteiger partial charge on any atom is 0.233 e. The van der Waals surface area contributed by atoms with E-state index < -0.39 is 17.4 Å². The van der Waals surface area contributed by atoms with Crippen molar-refractivity contribution < 1.29 is 19.8 Å². The van der Waals surface area contributed by atoms with Crippen molar-refractivity contribution in [2.75, 3.05) is 0 Å². The van der Waals surface area contributed by atoms with E-state index in [0.29, 0.717) is 22.3 Å². The number of hydrogen-bond donors (Lipinski definition) is 2. The molecule has 1 aliphatic rings. The Balaban J connectivity index is 2.00. The summed E-state index contributed by atoms with van der Waals surface area (Å²) in [6.45, 7) is 0. The lowest BCUT2D eigenvalue weighted by atomic mass is 9.84. The first-order valence-corrected chi connectivity index (χ1v) is 6.88. The molecule has 1 aliphatic carbocycles. The van der Waals surface area contributed by atoms with E-state index in [0.717, 1.165) is 0 Å². The number of ketones is 2. The second-order valence-corrected chi connectivity index (χ2v) is 5.27. The predicted octanol–water partition coefficient (Wildman–Crippen LogP) is 2.06. The minimum Gasteiger partial charge on any atom is -0.362 e. The number of carbonyl (C=O) groups excluding carboxylic acids is 2. The molecule has 2 N–H and O–H groups in total. The van der Waals surface area contributed by atoms with Crippen molar-refractivity contribution in [3.63, 3.8) is 0 Å². The minimum atomic E-state index is -2.11. The molecule has 4 heteroatoms. The fraction of sp³-hybridized carbons (Fsp3) is 0.111. The molecule has 0 atom stereocenters. The summed E-state index contributed by atoms with van der Waals surface area (Å²) in [4.78, 5) is 23.7. The third-order valence-electron chi connectivity index (χ3n) is 3.72. The number of rotatable bonds is 3. The summed E-state index contributed by atoms with van der Waals surface area (Å²) in [6, 6.07) is 15.1. The third-order valence-corrected chi connectivity index (χ3v) is 3.72. The molecule has 0 spiro atoms. The second-order valence-electron chi connectivity index (χ2n) is 5.27. The van der Waals surface area contributed by atoms with Crippen molar-refractivity contribution in [2.45, 2.75) is 12.2 Å². The number of Topliss-reactive ketones (excluding diaryl/α,β-unsaturated/α-hetero) is 1. The Morgan fingerprint density at radius 3 is 2.09 bits per heavy atom. The average molecular weight is 294 g/mol. The van der Waals surface area contributed by atoms with Crippen molar-refractivity contribution in [2.24, 2.45) is 0 Å². The predicted molar refractivity (Wildman–Crippen MR) is 80.9 cm³/mol. The number of allylic oxidation sites excluding steroid dienone is 1. The van der Waals surface area contributed by atoms with Gasteiger partial charge in [0.15, 0.2) is 5.79 Å². The van der Waals surface area contributed by atoms with Gasteiger partial charge in [-0.3, -0.25) is 9.59 Å². The van der Waals surface area contributed by atoms with Gasteiger partial charge in [-0.2, -0.15) is 0 Å². The number of benzene rings is 2. The smallest absolute Gasteiger partial charge is 0.233 e. The Hall–Kier alpha value is -2.56. The van der Waals surface area contributed by atoms with E-state index in [-0.39, 0.29) is 6.42 Å². The van der Waals surface area contributed by atoms with E-state index in [1.54, 1.807) is 54.6 Å². The van der Waals surface area contributed by atoms with Crippen molar-refractivity contribution in [1.82, 2.24) is 0 Å². The number of hydrogen-bond acceptors (Lipinski definition) is 4. The van der Waals surface area contributed by atoms with Gasteiger partial charge in [-0.25, -0.2) is 0 Å². The highest BCUT2D eigenvalue weighted by atomic mass is 16.5. The monoisotopic (exact) mass is 294 g/mol. The van der Waals surface area contributed by atoms with Crippen LogP contribution in [0, 0.1) is 0 Å². The van der Waals surface area contributed by atoms with Crippen LogP contribution >= 0.6 is 0 Å². The lowest BCUT2D eigenvalue weighted by molar-refractivity contribution is -0.164. The van der Waals surface area contributed by atoms with Crippen LogP contribution in [0.5, 0.6) is 0 Å². The van der Waals surface area contributed by atoms with Crippen molar-refractivity contribution in [3.05, 3.63) is 77.4 Å². The van der Waals surface area contributed by atoms with Gasteiger partial charge in [-0.15, -0.1) is 0 Å². The van der Waals surface area contributed by atoms with Crippen LogP contribution in [0.3, 0.4) is 0 Å². The molecule has 0 amide bonds. The Kier molecular flexibility index (Phi) is 3.48. The molecule has 0 radical (unpaired) electrons. The van der Waals surface area contributed by atoms with Gasteiger partial charge in [-0.05, 0) is 17.2 Å². The molecule has 4 nitrogen and oxygen atoms in total. The van der Waals surface area contributed by atoms with Gasteiger partial charge in [-0.1, -0.05) is 54.6 Å². The van der Waals surface area contributed by atoms with E-state index >= 15 is 0 Å².